The number of nitrogens with zero attached hydrogens (tertiary/aromatic N) is 4. The lowest BCUT2D eigenvalue weighted by atomic mass is 9.77. The third kappa shape index (κ3) is 2.87. The smallest absolute Gasteiger partial charge is 0.129 e. The molecule has 1 fully saturated rings. The molecule has 28 heavy (non-hydrogen) atoms. The lowest BCUT2D eigenvalue weighted by Crippen LogP contribution is -2.46. The number of piperidine rings is 1. The van der Waals surface area contributed by atoms with Crippen LogP contribution in [0.4, 0.5) is 5.82 Å². The van der Waals surface area contributed by atoms with Gasteiger partial charge in [0.05, 0.1) is 11.2 Å². The van der Waals surface area contributed by atoms with Gasteiger partial charge in [-0.05, 0) is 81.2 Å². The zero-order valence-corrected chi connectivity index (χ0v) is 17.6. The lowest BCUT2D eigenvalue weighted by molar-refractivity contribution is 0.333. The second-order valence-corrected chi connectivity index (χ2v) is 9.16. The molecule has 0 amide bonds. The van der Waals surface area contributed by atoms with Gasteiger partial charge in [0.15, 0.2) is 0 Å². The number of benzene rings is 1. The van der Waals surface area contributed by atoms with E-state index in [9.17, 15) is 0 Å². The molecular formula is C23H26N4S. The first-order valence-corrected chi connectivity index (χ1v) is 11.3. The van der Waals surface area contributed by atoms with E-state index in [4.69, 9.17) is 9.97 Å². The highest BCUT2D eigenvalue weighted by molar-refractivity contribution is 7.98. The number of hydrogen-bond donors (Lipinski definition) is 0. The van der Waals surface area contributed by atoms with Crippen LogP contribution in [0.1, 0.15) is 41.9 Å². The van der Waals surface area contributed by atoms with E-state index in [1.54, 1.807) is 11.8 Å². The van der Waals surface area contributed by atoms with Crippen molar-refractivity contribution in [3.8, 4) is 0 Å². The molecule has 2 aliphatic rings. The van der Waals surface area contributed by atoms with E-state index in [1.807, 2.05) is 13.1 Å². The molecule has 1 saturated heterocycles. The Bertz CT molecular complexity index is 1060. The molecular weight excluding hydrogens is 364 g/mol. The van der Waals surface area contributed by atoms with Gasteiger partial charge in [0.1, 0.15) is 11.6 Å². The Morgan fingerprint density at radius 3 is 2.86 bits per heavy atom. The van der Waals surface area contributed by atoms with Gasteiger partial charge in [-0.15, -0.1) is 11.8 Å². The molecule has 1 aromatic carbocycles. The van der Waals surface area contributed by atoms with Crippen LogP contribution in [0.5, 0.6) is 0 Å². The van der Waals surface area contributed by atoms with Crippen LogP contribution in [0, 0.1) is 13.8 Å². The summed E-state index contributed by atoms with van der Waals surface area (Å²) in [5, 5.41) is 1.26. The minimum atomic E-state index is 0.161. The molecule has 5 heteroatoms. The van der Waals surface area contributed by atoms with Crippen molar-refractivity contribution in [1.82, 2.24) is 15.0 Å². The summed E-state index contributed by atoms with van der Waals surface area (Å²) >= 11 is 1.78. The van der Waals surface area contributed by atoms with E-state index >= 15 is 0 Å². The maximum Gasteiger partial charge on any atom is 0.129 e. The van der Waals surface area contributed by atoms with Crippen molar-refractivity contribution in [3.05, 3.63) is 53.1 Å². The maximum absolute atomic E-state index is 5.05. The van der Waals surface area contributed by atoms with E-state index < -0.39 is 0 Å². The van der Waals surface area contributed by atoms with E-state index in [2.05, 4.69) is 47.3 Å². The maximum atomic E-state index is 5.05. The highest BCUT2D eigenvalue weighted by atomic mass is 32.2. The van der Waals surface area contributed by atoms with Crippen LogP contribution >= 0.6 is 11.8 Å². The van der Waals surface area contributed by atoms with Gasteiger partial charge in [0.2, 0.25) is 0 Å². The summed E-state index contributed by atoms with van der Waals surface area (Å²) in [5.41, 5.74) is 5.21. The Kier molecular flexibility index (Phi) is 4.31. The Morgan fingerprint density at radius 1 is 1.11 bits per heavy atom. The van der Waals surface area contributed by atoms with Crippen molar-refractivity contribution in [2.75, 3.05) is 24.2 Å². The van der Waals surface area contributed by atoms with Crippen LogP contribution in [0.15, 0.2) is 35.4 Å². The van der Waals surface area contributed by atoms with Gasteiger partial charge < -0.3 is 4.90 Å². The highest BCUT2D eigenvalue weighted by Crippen LogP contribution is 2.44. The average Bonchev–Trinajstić information content (AvgIpc) is 3.05. The van der Waals surface area contributed by atoms with E-state index in [0.29, 0.717) is 0 Å². The van der Waals surface area contributed by atoms with Gasteiger partial charge in [-0.1, -0.05) is 0 Å². The third-order valence-corrected chi connectivity index (χ3v) is 7.20. The lowest BCUT2D eigenvalue weighted by Gasteiger charge is -2.41. The first-order chi connectivity index (χ1) is 13.6. The van der Waals surface area contributed by atoms with E-state index in [0.717, 1.165) is 36.7 Å². The Hall–Kier alpha value is -2.14. The Labute approximate surface area is 170 Å². The number of hydrogen-bond acceptors (Lipinski definition) is 5. The molecule has 1 aliphatic heterocycles. The molecule has 0 N–H and O–H groups in total. The number of anilines is 1. The van der Waals surface area contributed by atoms with Crippen molar-refractivity contribution in [2.24, 2.45) is 0 Å². The number of rotatable bonds is 2. The Balaban J connectivity index is 1.52. The second-order valence-electron chi connectivity index (χ2n) is 8.28. The summed E-state index contributed by atoms with van der Waals surface area (Å²) in [5.74, 6) is 2.00. The molecule has 5 rings (SSSR count). The van der Waals surface area contributed by atoms with Crippen molar-refractivity contribution >= 4 is 28.5 Å². The van der Waals surface area contributed by atoms with Crippen LogP contribution < -0.4 is 4.90 Å². The molecule has 1 atom stereocenters. The Morgan fingerprint density at radius 2 is 2.00 bits per heavy atom. The van der Waals surface area contributed by atoms with Crippen LogP contribution in [0.3, 0.4) is 0 Å². The van der Waals surface area contributed by atoms with Gasteiger partial charge >= 0.3 is 0 Å². The summed E-state index contributed by atoms with van der Waals surface area (Å²) in [6.07, 6.45) is 8.86. The normalized spacial score (nSPS) is 21.5. The minimum absolute atomic E-state index is 0.161. The van der Waals surface area contributed by atoms with E-state index in [-0.39, 0.29) is 5.41 Å². The van der Waals surface area contributed by atoms with Gasteiger partial charge in [0.25, 0.3) is 0 Å². The number of thioether (sulfide) groups is 1. The predicted octanol–water partition coefficient (Wildman–Crippen LogP) is 4.85. The zero-order chi connectivity index (χ0) is 19.3. The fraction of sp³-hybridized carbons (Fsp3) is 0.435. The molecule has 144 valence electrons. The standard InChI is InChI=1S/C23H26N4S/c1-15-11-21(26-20-6-5-18(28-3)12-19(15)20)27-10-4-8-23(14-27)9-7-17-13-24-16(2)25-22(17)23/h5-6,11-13H,4,7-10,14H2,1-3H3. The average molecular weight is 391 g/mol. The van der Waals surface area contributed by atoms with Crippen LogP contribution in [0.25, 0.3) is 10.9 Å². The van der Waals surface area contributed by atoms with Gasteiger partial charge in [-0.25, -0.2) is 15.0 Å². The monoisotopic (exact) mass is 390 g/mol. The van der Waals surface area contributed by atoms with E-state index in [1.165, 1.54) is 46.4 Å². The minimum Gasteiger partial charge on any atom is -0.356 e. The van der Waals surface area contributed by atoms with Crippen LogP contribution in [-0.2, 0) is 11.8 Å². The summed E-state index contributed by atoms with van der Waals surface area (Å²) in [7, 11) is 0. The first-order valence-electron chi connectivity index (χ1n) is 10.1. The largest absolute Gasteiger partial charge is 0.356 e. The topological polar surface area (TPSA) is 41.9 Å². The molecule has 1 spiro atoms. The first kappa shape index (κ1) is 17.9. The summed E-state index contributed by atoms with van der Waals surface area (Å²) < 4.78 is 0. The second kappa shape index (κ2) is 6.73. The number of aryl methyl sites for hydroxylation is 3. The van der Waals surface area contributed by atoms with Crippen molar-refractivity contribution in [2.45, 2.75) is 49.8 Å². The molecule has 0 radical (unpaired) electrons. The molecule has 1 unspecified atom stereocenters. The number of pyridine rings is 1. The fourth-order valence-electron chi connectivity index (χ4n) is 5.00. The molecule has 2 aromatic heterocycles. The van der Waals surface area contributed by atoms with Crippen molar-refractivity contribution in [3.63, 3.8) is 0 Å². The summed E-state index contributed by atoms with van der Waals surface area (Å²) in [6.45, 7) is 6.29. The molecule has 1 aliphatic carbocycles. The van der Waals surface area contributed by atoms with Crippen molar-refractivity contribution < 1.29 is 0 Å². The molecule has 3 heterocycles. The summed E-state index contributed by atoms with van der Waals surface area (Å²) in [6, 6.07) is 8.87. The van der Waals surface area contributed by atoms with Crippen LogP contribution in [-0.4, -0.2) is 34.3 Å². The SMILES string of the molecule is CSc1ccc2nc(N3CCCC4(CCc5cnc(C)nc54)C3)cc(C)c2c1. The molecule has 4 nitrogen and oxygen atoms in total. The molecule has 0 bridgehead atoms. The molecule has 3 aromatic rings. The molecule has 0 saturated carbocycles. The third-order valence-electron chi connectivity index (χ3n) is 6.47. The van der Waals surface area contributed by atoms with Crippen molar-refractivity contribution in [1.29, 1.82) is 0 Å². The number of fused-ring (bicyclic) bond motifs is 3. The summed E-state index contributed by atoms with van der Waals surface area (Å²) in [4.78, 5) is 18.1. The predicted molar refractivity (Wildman–Crippen MR) is 116 cm³/mol. The van der Waals surface area contributed by atoms with Gasteiger partial charge in [-0.2, -0.15) is 0 Å². The fourth-order valence-corrected chi connectivity index (χ4v) is 5.44. The highest BCUT2D eigenvalue weighted by Gasteiger charge is 2.44. The van der Waals surface area contributed by atoms with Gasteiger partial charge in [-0.3, -0.25) is 0 Å². The number of aromatic nitrogens is 3. The zero-order valence-electron chi connectivity index (χ0n) is 16.8. The van der Waals surface area contributed by atoms with Crippen LogP contribution in [0.2, 0.25) is 0 Å². The quantitative estimate of drug-likeness (QED) is 0.585. The van der Waals surface area contributed by atoms with Gasteiger partial charge in [0, 0.05) is 35.0 Å².